The minimum atomic E-state index is -4.20. The van der Waals surface area contributed by atoms with E-state index in [4.69, 9.17) is 0 Å². The predicted molar refractivity (Wildman–Crippen MR) is 60.9 cm³/mol. The average Bonchev–Trinajstić information content (AvgIpc) is 2.74. The Bertz CT molecular complexity index is 202. The predicted octanol–water partition coefficient (Wildman–Crippen LogP) is 3.12. The molecule has 17 heavy (non-hydrogen) atoms. The van der Waals surface area contributed by atoms with Crippen molar-refractivity contribution in [3.05, 3.63) is 0 Å². The quantitative estimate of drug-likeness (QED) is 0.704. The molecule has 0 radical (unpaired) electrons. The summed E-state index contributed by atoms with van der Waals surface area (Å²) in [6.45, 7) is 1.93. The summed E-state index contributed by atoms with van der Waals surface area (Å²) >= 11 is 0. The molecule has 0 heterocycles. The third kappa shape index (κ3) is 6.88. The molecule has 0 aromatic rings. The molecule has 1 N–H and O–H groups in total. The fourth-order valence-electron chi connectivity index (χ4n) is 2.32. The minimum Gasteiger partial charge on any atom is -0.372 e. The zero-order valence-electron chi connectivity index (χ0n) is 10.4. The van der Waals surface area contributed by atoms with Crippen molar-refractivity contribution in [1.29, 1.82) is 0 Å². The van der Waals surface area contributed by atoms with E-state index in [1.165, 1.54) is 25.7 Å². The number of hydrogen-bond donors (Lipinski definition) is 1. The van der Waals surface area contributed by atoms with Gasteiger partial charge in [-0.25, -0.2) is 0 Å². The zero-order valence-corrected chi connectivity index (χ0v) is 10.4. The van der Waals surface area contributed by atoms with Gasteiger partial charge in [-0.05, 0) is 38.6 Å². The van der Waals surface area contributed by atoms with Gasteiger partial charge in [-0.2, -0.15) is 13.2 Å². The summed E-state index contributed by atoms with van der Waals surface area (Å²) in [5.41, 5.74) is 0. The van der Waals surface area contributed by atoms with Crippen LogP contribution in [0.25, 0.3) is 0 Å². The lowest BCUT2D eigenvalue weighted by Crippen LogP contribution is -2.33. The lowest BCUT2D eigenvalue weighted by molar-refractivity contribution is -0.173. The Morgan fingerprint density at radius 2 is 1.94 bits per heavy atom. The van der Waals surface area contributed by atoms with Crippen molar-refractivity contribution in [3.63, 3.8) is 0 Å². The van der Waals surface area contributed by atoms with Crippen molar-refractivity contribution in [2.24, 2.45) is 5.92 Å². The van der Waals surface area contributed by atoms with Gasteiger partial charge in [0.2, 0.25) is 0 Å². The van der Waals surface area contributed by atoms with Crippen molar-refractivity contribution in [2.45, 2.75) is 51.2 Å². The molecular formula is C12H22F3NO. The Kier molecular flexibility index (Phi) is 6.27. The summed E-state index contributed by atoms with van der Waals surface area (Å²) in [7, 11) is 0. The number of halogens is 3. The molecule has 1 fully saturated rings. The lowest BCUT2D eigenvalue weighted by atomic mass is 10.00. The van der Waals surface area contributed by atoms with E-state index in [2.05, 4.69) is 17.0 Å². The zero-order chi connectivity index (χ0) is 12.7. The standard InChI is InChI=1S/C12H22F3NO/c1-10(11-5-2-3-6-11)16-7-4-8-17-9-12(13,14)15/h10-11,16H,2-9H2,1H3/t10-/m0/s1. The van der Waals surface area contributed by atoms with Gasteiger partial charge in [0.25, 0.3) is 0 Å². The van der Waals surface area contributed by atoms with E-state index < -0.39 is 12.8 Å². The summed E-state index contributed by atoms with van der Waals surface area (Å²) in [6.07, 6.45) is 1.60. The van der Waals surface area contributed by atoms with Crippen LogP contribution in [0.2, 0.25) is 0 Å². The summed E-state index contributed by atoms with van der Waals surface area (Å²) < 4.78 is 39.8. The van der Waals surface area contributed by atoms with Gasteiger partial charge < -0.3 is 10.1 Å². The number of alkyl halides is 3. The molecule has 0 bridgehead atoms. The van der Waals surface area contributed by atoms with Gasteiger partial charge in [0.15, 0.2) is 0 Å². The van der Waals surface area contributed by atoms with Crippen molar-refractivity contribution >= 4 is 0 Å². The van der Waals surface area contributed by atoms with Gasteiger partial charge in [-0.15, -0.1) is 0 Å². The van der Waals surface area contributed by atoms with Crippen molar-refractivity contribution in [3.8, 4) is 0 Å². The molecule has 0 amide bonds. The first-order valence-corrected chi connectivity index (χ1v) is 6.37. The van der Waals surface area contributed by atoms with Crippen LogP contribution in [0, 0.1) is 5.92 Å². The van der Waals surface area contributed by atoms with Crippen LogP contribution in [0.15, 0.2) is 0 Å². The largest absolute Gasteiger partial charge is 0.411 e. The molecule has 5 heteroatoms. The molecule has 1 saturated carbocycles. The summed E-state index contributed by atoms with van der Waals surface area (Å²) in [5, 5.41) is 3.36. The van der Waals surface area contributed by atoms with E-state index >= 15 is 0 Å². The van der Waals surface area contributed by atoms with E-state index in [1.807, 2.05) is 0 Å². The number of ether oxygens (including phenoxy) is 1. The Balaban J connectivity index is 1.93. The Morgan fingerprint density at radius 1 is 1.29 bits per heavy atom. The molecule has 0 aromatic carbocycles. The molecule has 0 unspecified atom stereocenters. The molecule has 0 aliphatic heterocycles. The van der Waals surface area contributed by atoms with Gasteiger partial charge in [0.05, 0.1) is 0 Å². The Hall–Kier alpha value is -0.290. The van der Waals surface area contributed by atoms with Crippen LogP contribution in [0.5, 0.6) is 0 Å². The van der Waals surface area contributed by atoms with Crippen LogP contribution >= 0.6 is 0 Å². The van der Waals surface area contributed by atoms with E-state index in [-0.39, 0.29) is 6.61 Å². The van der Waals surface area contributed by atoms with Gasteiger partial charge in [0, 0.05) is 12.6 Å². The highest BCUT2D eigenvalue weighted by molar-refractivity contribution is 4.76. The molecule has 102 valence electrons. The van der Waals surface area contributed by atoms with Crippen LogP contribution in [0.3, 0.4) is 0 Å². The average molecular weight is 253 g/mol. The summed E-state index contributed by atoms with van der Waals surface area (Å²) in [5.74, 6) is 0.742. The first-order chi connectivity index (χ1) is 7.99. The highest BCUT2D eigenvalue weighted by Crippen LogP contribution is 2.27. The van der Waals surface area contributed by atoms with Crippen LogP contribution in [0.1, 0.15) is 39.0 Å². The maximum Gasteiger partial charge on any atom is 0.411 e. The van der Waals surface area contributed by atoms with Crippen molar-refractivity contribution in [2.75, 3.05) is 19.8 Å². The SMILES string of the molecule is C[C@H](NCCCOCC(F)(F)F)C1CCCC1. The Morgan fingerprint density at radius 3 is 2.53 bits per heavy atom. The van der Waals surface area contributed by atoms with Crippen LogP contribution in [-0.2, 0) is 4.74 Å². The van der Waals surface area contributed by atoms with Gasteiger partial charge in [-0.3, -0.25) is 0 Å². The Labute approximate surface area is 101 Å². The molecule has 2 nitrogen and oxygen atoms in total. The van der Waals surface area contributed by atoms with E-state index in [0.717, 1.165) is 12.5 Å². The first kappa shape index (κ1) is 14.8. The van der Waals surface area contributed by atoms with E-state index in [9.17, 15) is 13.2 Å². The van der Waals surface area contributed by atoms with Gasteiger partial charge in [-0.1, -0.05) is 12.8 Å². The lowest BCUT2D eigenvalue weighted by Gasteiger charge is -2.20. The molecule has 1 rings (SSSR count). The minimum absolute atomic E-state index is 0.171. The summed E-state index contributed by atoms with van der Waals surface area (Å²) in [4.78, 5) is 0. The second-order valence-electron chi connectivity index (χ2n) is 4.81. The normalized spacial score (nSPS) is 19.8. The third-order valence-electron chi connectivity index (χ3n) is 3.30. The summed E-state index contributed by atoms with van der Waals surface area (Å²) in [6, 6.07) is 0.472. The van der Waals surface area contributed by atoms with E-state index in [1.54, 1.807) is 0 Å². The monoisotopic (exact) mass is 253 g/mol. The van der Waals surface area contributed by atoms with Crippen LogP contribution in [0.4, 0.5) is 13.2 Å². The topological polar surface area (TPSA) is 21.3 Å². The van der Waals surface area contributed by atoms with Crippen molar-refractivity contribution < 1.29 is 17.9 Å². The maximum absolute atomic E-state index is 11.8. The first-order valence-electron chi connectivity index (χ1n) is 6.37. The van der Waals surface area contributed by atoms with Crippen LogP contribution < -0.4 is 5.32 Å². The van der Waals surface area contributed by atoms with Crippen LogP contribution in [-0.4, -0.2) is 32.0 Å². The number of hydrogen-bond acceptors (Lipinski definition) is 2. The molecular weight excluding hydrogens is 231 g/mol. The number of rotatable bonds is 7. The van der Waals surface area contributed by atoms with Gasteiger partial charge in [0.1, 0.15) is 6.61 Å². The fraction of sp³-hybridized carbons (Fsp3) is 1.00. The fourth-order valence-corrected chi connectivity index (χ4v) is 2.32. The second-order valence-corrected chi connectivity index (χ2v) is 4.81. The molecule has 1 aliphatic rings. The van der Waals surface area contributed by atoms with Gasteiger partial charge >= 0.3 is 6.18 Å². The highest BCUT2D eigenvalue weighted by Gasteiger charge is 2.27. The molecule has 1 aliphatic carbocycles. The molecule has 0 saturated heterocycles. The highest BCUT2D eigenvalue weighted by atomic mass is 19.4. The molecule has 0 spiro atoms. The molecule has 0 aromatic heterocycles. The third-order valence-corrected chi connectivity index (χ3v) is 3.30. The smallest absolute Gasteiger partial charge is 0.372 e. The maximum atomic E-state index is 11.8. The second kappa shape index (κ2) is 7.21. The number of nitrogens with one attached hydrogen (secondary N) is 1. The van der Waals surface area contributed by atoms with Crippen molar-refractivity contribution in [1.82, 2.24) is 5.32 Å². The van der Waals surface area contributed by atoms with E-state index in [0.29, 0.717) is 12.5 Å². The molecule has 1 atom stereocenters.